The quantitative estimate of drug-likeness (QED) is 0.491. The van der Waals surface area contributed by atoms with Gasteiger partial charge in [-0.3, -0.25) is 9.69 Å². The number of methoxy groups -OCH3 is 2. The molecule has 0 aromatic heterocycles. The number of carbonyl (C=O) groups is 1. The number of nitrogens with zero attached hydrogens (tertiary/aromatic N) is 1. The van der Waals surface area contributed by atoms with Crippen LogP contribution in [0, 0.1) is 0 Å². The molecule has 0 bridgehead atoms. The topological polar surface area (TPSA) is 60.0 Å². The Kier molecular flexibility index (Phi) is 8.11. The number of nitrogens with one attached hydrogen (secondary N) is 1. The molecular formula is C26H30N2O4. The van der Waals surface area contributed by atoms with Crippen LogP contribution in [-0.2, 0) is 11.3 Å². The Morgan fingerprint density at radius 2 is 1.59 bits per heavy atom. The smallest absolute Gasteiger partial charge is 0.246 e. The van der Waals surface area contributed by atoms with Gasteiger partial charge in [-0.25, -0.2) is 0 Å². The molecule has 0 spiro atoms. The molecule has 0 fully saturated rings. The molecule has 3 aromatic rings. The van der Waals surface area contributed by atoms with Crippen molar-refractivity contribution in [1.29, 1.82) is 0 Å². The number of hydrogen-bond donors (Lipinski definition) is 1. The number of para-hydroxylation sites is 2. The van der Waals surface area contributed by atoms with Crippen LogP contribution in [0.2, 0.25) is 0 Å². The fourth-order valence-corrected chi connectivity index (χ4v) is 3.65. The number of carbonyl (C=O) groups excluding carboxylic acids is 1. The normalized spacial score (nSPS) is 11.7. The van der Waals surface area contributed by atoms with Crippen molar-refractivity contribution < 1.29 is 19.0 Å². The molecule has 0 saturated carbocycles. The van der Waals surface area contributed by atoms with E-state index in [-0.39, 0.29) is 5.91 Å². The monoisotopic (exact) mass is 434 g/mol. The van der Waals surface area contributed by atoms with Crippen molar-refractivity contribution in [3.05, 3.63) is 83.9 Å². The van der Waals surface area contributed by atoms with Gasteiger partial charge >= 0.3 is 0 Å². The molecule has 0 aliphatic rings. The predicted molar refractivity (Wildman–Crippen MR) is 126 cm³/mol. The van der Waals surface area contributed by atoms with E-state index < -0.39 is 6.04 Å². The van der Waals surface area contributed by atoms with Crippen LogP contribution in [0.5, 0.6) is 17.2 Å². The molecule has 1 amide bonds. The van der Waals surface area contributed by atoms with Crippen molar-refractivity contribution in [3.8, 4) is 17.2 Å². The molecule has 1 unspecified atom stereocenters. The highest BCUT2D eigenvalue weighted by atomic mass is 16.5. The maximum absolute atomic E-state index is 13.5. The van der Waals surface area contributed by atoms with Crippen molar-refractivity contribution in [3.63, 3.8) is 0 Å². The van der Waals surface area contributed by atoms with Crippen LogP contribution in [0.4, 0.5) is 5.69 Å². The Morgan fingerprint density at radius 1 is 0.906 bits per heavy atom. The van der Waals surface area contributed by atoms with Gasteiger partial charge in [-0.2, -0.15) is 0 Å². The maximum atomic E-state index is 13.5. The number of benzene rings is 3. The second-order valence-electron chi connectivity index (χ2n) is 7.34. The van der Waals surface area contributed by atoms with E-state index in [1.807, 2.05) is 91.7 Å². The molecule has 0 heterocycles. The summed E-state index contributed by atoms with van der Waals surface area (Å²) in [6.45, 7) is 2.98. The lowest BCUT2D eigenvalue weighted by Crippen LogP contribution is -2.34. The first kappa shape index (κ1) is 23.2. The van der Waals surface area contributed by atoms with Gasteiger partial charge in [-0.05, 0) is 49.4 Å². The average molecular weight is 435 g/mol. The molecule has 0 radical (unpaired) electrons. The molecule has 0 aliphatic heterocycles. The van der Waals surface area contributed by atoms with Crippen molar-refractivity contribution in [2.45, 2.75) is 19.5 Å². The third kappa shape index (κ3) is 5.59. The van der Waals surface area contributed by atoms with E-state index in [0.29, 0.717) is 36.1 Å². The minimum absolute atomic E-state index is 0.133. The lowest BCUT2D eigenvalue weighted by atomic mass is 10.0. The molecule has 6 nitrogen and oxygen atoms in total. The molecule has 3 aromatic carbocycles. The Bertz CT molecular complexity index is 1020. The van der Waals surface area contributed by atoms with Gasteiger partial charge in [0.1, 0.15) is 11.8 Å². The van der Waals surface area contributed by atoms with Crippen LogP contribution < -0.4 is 19.5 Å². The van der Waals surface area contributed by atoms with Gasteiger partial charge in [0.05, 0.1) is 26.5 Å². The summed E-state index contributed by atoms with van der Waals surface area (Å²) in [6.07, 6.45) is 0. The molecule has 1 N–H and O–H groups in total. The summed E-state index contributed by atoms with van der Waals surface area (Å²) in [7, 11) is 5.16. The number of anilines is 1. The van der Waals surface area contributed by atoms with Gasteiger partial charge in [0, 0.05) is 6.54 Å². The van der Waals surface area contributed by atoms with Crippen LogP contribution in [0.3, 0.4) is 0 Å². The Hall–Kier alpha value is -3.51. The van der Waals surface area contributed by atoms with Crippen molar-refractivity contribution in [1.82, 2.24) is 4.90 Å². The van der Waals surface area contributed by atoms with E-state index >= 15 is 0 Å². The highest BCUT2D eigenvalue weighted by Crippen LogP contribution is 2.31. The first-order valence-corrected chi connectivity index (χ1v) is 10.6. The minimum Gasteiger partial charge on any atom is -0.493 e. The number of hydrogen-bond acceptors (Lipinski definition) is 5. The zero-order chi connectivity index (χ0) is 22.9. The number of likely N-dealkylation sites (N-methyl/N-ethyl adjacent to an activating group) is 1. The molecule has 1 atom stereocenters. The summed E-state index contributed by atoms with van der Waals surface area (Å²) in [5, 5.41) is 3.05. The summed E-state index contributed by atoms with van der Waals surface area (Å²) in [5.41, 5.74) is 2.57. The highest BCUT2D eigenvalue weighted by Gasteiger charge is 2.26. The molecule has 0 saturated heterocycles. The van der Waals surface area contributed by atoms with Gasteiger partial charge < -0.3 is 19.5 Å². The van der Waals surface area contributed by atoms with E-state index in [4.69, 9.17) is 14.2 Å². The standard InChI is InChI=1S/C26H30N2O4/c1-5-32-22-14-10-9-13-21(22)27-26(29)25(20-11-7-6-8-12-20)28(2)18-19-15-16-23(30-3)24(17-19)31-4/h6-17,25H,5,18H2,1-4H3,(H,27,29). The van der Waals surface area contributed by atoms with E-state index in [0.717, 1.165) is 11.1 Å². The zero-order valence-corrected chi connectivity index (χ0v) is 19.0. The second kappa shape index (κ2) is 11.2. The summed E-state index contributed by atoms with van der Waals surface area (Å²) in [5.74, 6) is 1.84. The summed E-state index contributed by atoms with van der Waals surface area (Å²) < 4.78 is 16.4. The first-order valence-electron chi connectivity index (χ1n) is 10.6. The second-order valence-corrected chi connectivity index (χ2v) is 7.34. The highest BCUT2D eigenvalue weighted by molar-refractivity contribution is 5.96. The van der Waals surface area contributed by atoms with E-state index in [1.54, 1.807) is 14.2 Å². The van der Waals surface area contributed by atoms with Gasteiger partial charge in [0.15, 0.2) is 11.5 Å². The minimum atomic E-state index is -0.501. The van der Waals surface area contributed by atoms with Gasteiger partial charge in [-0.1, -0.05) is 48.5 Å². The van der Waals surface area contributed by atoms with E-state index in [9.17, 15) is 4.79 Å². The van der Waals surface area contributed by atoms with E-state index in [1.165, 1.54) is 0 Å². The SMILES string of the molecule is CCOc1ccccc1NC(=O)C(c1ccccc1)N(C)Cc1ccc(OC)c(OC)c1. The van der Waals surface area contributed by atoms with Crippen LogP contribution in [0.1, 0.15) is 24.1 Å². The van der Waals surface area contributed by atoms with E-state index in [2.05, 4.69) is 5.32 Å². The average Bonchev–Trinajstić information content (AvgIpc) is 2.81. The van der Waals surface area contributed by atoms with Crippen LogP contribution in [0.15, 0.2) is 72.8 Å². The lowest BCUT2D eigenvalue weighted by Gasteiger charge is -2.28. The van der Waals surface area contributed by atoms with Crippen molar-refractivity contribution in [2.24, 2.45) is 0 Å². The molecular weight excluding hydrogens is 404 g/mol. The third-order valence-corrected chi connectivity index (χ3v) is 5.13. The summed E-state index contributed by atoms with van der Waals surface area (Å²) in [4.78, 5) is 15.5. The van der Waals surface area contributed by atoms with Crippen molar-refractivity contribution >= 4 is 11.6 Å². The lowest BCUT2D eigenvalue weighted by molar-refractivity contribution is -0.121. The number of ether oxygens (including phenoxy) is 3. The zero-order valence-electron chi connectivity index (χ0n) is 19.0. The predicted octanol–water partition coefficient (Wildman–Crippen LogP) is 4.91. The molecule has 32 heavy (non-hydrogen) atoms. The molecule has 6 heteroatoms. The molecule has 0 aliphatic carbocycles. The van der Waals surface area contributed by atoms with Crippen LogP contribution >= 0.6 is 0 Å². The Balaban J connectivity index is 1.87. The van der Waals surface area contributed by atoms with Gasteiger partial charge in [0.25, 0.3) is 0 Å². The fourth-order valence-electron chi connectivity index (χ4n) is 3.65. The van der Waals surface area contributed by atoms with Crippen LogP contribution in [-0.4, -0.2) is 38.7 Å². The Morgan fingerprint density at radius 3 is 2.28 bits per heavy atom. The van der Waals surface area contributed by atoms with Gasteiger partial charge in [-0.15, -0.1) is 0 Å². The van der Waals surface area contributed by atoms with Gasteiger partial charge in [0.2, 0.25) is 5.91 Å². The first-order chi connectivity index (χ1) is 15.6. The van der Waals surface area contributed by atoms with Crippen LogP contribution in [0.25, 0.3) is 0 Å². The summed E-state index contributed by atoms with van der Waals surface area (Å²) >= 11 is 0. The molecule has 168 valence electrons. The largest absolute Gasteiger partial charge is 0.493 e. The Labute approximate surface area is 189 Å². The van der Waals surface area contributed by atoms with Crippen molar-refractivity contribution in [2.75, 3.05) is 33.2 Å². The number of rotatable bonds is 10. The third-order valence-electron chi connectivity index (χ3n) is 5.13. The maximum Gasteiger partial charge on any atom is 0.246 e. The number of amides is 1. The summed E-state index contributed by atoms with van der Waals surface area (Å²) in [6, 6.07) is 22.5. The fraction of sp³-hybridized carbons (Fsp3) is 0.269. The molecule has 3 rings (SSSR count).